The summed E-state index contributed by atoms with van der Waals surface area (Å²) in [6.45, 7) is 5.38. The van der Waals surface area contributed by atoms with Crippen molar-refractivity contribution in [3.8, 4) is 0 Å². The molecule has 0 heterocycles. The van der Waals surface area contributed by atoms with E-state index in [1.54, 1.807) is 19.1 Å². The van der Waals surface area contributed by atoms with Gasteiger partial charge in [-0.15, -0.1) is 0 Å². The van der Waals surface area contributed by atoms with E-state index in [1.807, 2.05) is 13.8 Å². The van der Waals surface area contributed by atoms with Crippen LogP contribution in [0.3, 0.4) is 0 Å². The third-order valence-corrected chi connectivity index (χ3v) is 5.15. The van der Waals surface area contributed by atoms with Crippen molar-refractivity contribution in [2.75, 3.05) is 11.1 Å². The number of hydrogen-bond donors (Lipinski definition) is 2. The average Bonchev–Trinajstić information content (AvgIpc) is 2.44. The minimum Gasteiger partial charge on any atom is -0.480 e. The number of carboxylic acids is 1. The van der Waals surface area contributed by atoms with Gasteiger partial charge in [-0.2, -0.15) is 0 Å². The normalized spacial score (nSPS) is 14.6. The molecule has 20 heavy (non-hydrogen) atoms. The Morgan fingerprint density at radius 3 is 2.20 bits per heavy atom. The molecule has 2 N–H and O–H groups in total. The van der Waals surface area contributed by atoms with Gasteiger partial charge in [-0.1, -0.05) is 27.2 Å². The molecule has 0 saturated heterocycles. The van der Waals surface area contributed by atoms with Crippen LogP contribution >= 0.6 is 0 Å². The van der Waals surface area contributed by atoms with Crippen molar-refractivity contribution in [1.29, 1.82) is 0 Å². The molecule has 2 atom stereocenters. The lowest BCUT2D eigenvalue weighted by molar-refractivity contribution is -0.139. The number of sulfone groups is 1. The van der Waals surface area contributed by atoms with E-state index in [-0.39, 0.29) is 16.6 Å². The van der Waals surface area contributed by atoms with Crippen LogP contribution < -0.4 is 5.32 Å². The summed E-state index contributed by atoms with van der Waals surface area (Å²) in [7, 11) is -3.22. The number of carbonyl (C=O) groups is 1. The standard InChI is InChI=1S/C14H21NO4S/c1-4-10(3)13(14(16)17)15-11-6-8-12(9-7-11)20(18,19)5-2/h6-10,13,15H,4-5H2,1-3H3,(H,16,17)/t10-,13-/m0/s1. The Morgan fingerprint density at radius 1 is 1.25 bits per heavy atom. The fourth-order valence-electron chi connectivity index (χ4n) is 1.79. The Hall–Kier alpha value is -1.56. The van der Waals surface area contributed by atoms with Gasteiger partial charge in [0.2, 0.25) is 0 Å². The van der Waals surface area contributed by atoms with Gasteiger partial charge in [-0.3, -0.25) is 0 Å². The fourth-order valence-corrected chi connectivity index (χ4v) is 2.67. The van der Waals surface area contributed by atoms with Crippen LogP contribution in [0.15, 0.2) is 29.2 Å². The lowest BCUT2D eigenvalue weighted by Crippen LogP contribution is -2.35. The maximum Gasteiger partial charge on any atom is 0.326 e. The number of hydrogen-bond acceptors (Lipinski definition) is 4. The molecule has 0 radical (unpaired) electrons. The molecule has 0 spiro atoms. The maximum absolute atomic E-state index is 11.7. The molecular weight excluding hydrogens is 278 g/mol. The fraction of sp³-hybridized carbons (Fsp3) is 0.500. The molecule has 6 heteroatoms. The van der Waals surface area contributed by atoms with Crippen LogP contribution in [0.5, 0.6) is 0 Å². The molecule has 0 aliphatic heterocycles. The smallest absolute Gasteiger partial charge is 0.326 e. The van der Waals surface area contributed by atoms with Crippen molar-refractivity contribution in [3.63, 3.8) is 0 Å². The molecule has 5 nitrogen and oxygen atoms in total. The van der Waals surface area contributed by atoms with E-state index in [1.165, 1.54) is 12.1 Å². The first-order valence-electron chi connectivity index (χ1n) is 6.64. The Labute approximate surface area is 119 Å². The average molecular weight is 299 g/mol. The predicted molar refractivity (Wildman–Crippen MR) is 78.7 cm³/mol. The zero-order valence-corrected chi connectivity index (χ0v) is 12.8. The van der Waals surface area contributed by atoms with Gasteiger partial charge in [0.05, 0.1) is 10.6 Å². The topological polar surface area (TPSA) is 83.5 Å². The quantitative estimate of drug-likeness (QED) is 0.807. The van der Waals surface area contributed by atoms with Gasteiger partial charge in [0.25, 0.3) is 0 Å². The number of benzene rings is 1. The first-order valence-corrected chi connectivity index (χ1v) is 8.29. The number of nitrogens with one attached hydrogen (secondary N) is 1. The molecule has 0 aromatic heterocycles. The lowest BCUT2D eigenvalue weighted by atomic mass is 9.99. The minimum absolute atomic E-state index is 0.0217. The zero-order chi connectivity index (χ0) is 15.3. The molecule has 1 aromatic carbocycles. The van der Waals surface area contributed by atoms with Crippen LogP contribution in [0.2, 0.25) is 0 Å². The second-order valence-corrected chi connectivity index (χ2v) is 7.05. The second kappa shape index (κ2) is 6.74. The summed E-state index contributed by atoms with van der Waals surface area (Å²) in [5, 5.41) is 12.1. The van der Waals surface area contributed by atoms with Gasteiger partial charge in [0.1, 0.15) is 6.04 Å². The molecule has 0 bridgehead atoms. The monoisotopic (exact) mass is 299 g/mol. The molecule has 1 aromatic rings. The second-order valence-electron chi connectivity index (χ2n) is 4.77. The van der Waals surface area contributed by atoms with Gasteiger partial charge >= 0.3 is 5.97 Å². The van der Waals surface area contributed by atoms with Crippen molar-refractivity contribution in [2.45, 2.75) is 38.1 Å². The van der Waals surface area contributed by atoms with Gasteiger partial charge in [-0.05, 0) is 30.2 Å². The number of rotatable bonds is 7. The number of anilines is 1. The predicted octanol–water partition coefficient (Wildman–Crippen LogP) is 2.39. The summed E-state index contributed by atoms with van der Waals surface area (Å²) in [5.74, 6) is -0.888. The number of carboxylic acid groups (broad SMARTS) is 1. The summed E-state index contributed by atoms with van der Waals surface area (Å²) >= 11 is 0. The SMILES string of the molecule is CC[C@H](C)[C@H](Nc1ccc(S(=O)(=O)CC)cc1)C(=O)O. The zero-order valence-electron chi connectivity index (χ0n) is 12.0. The van der Waals surface area contributed by atoms with E-state index >= 15 is 0 Å². The molecule has 0 amide bonds. The molecule has 0 saturated carbocycles. The summed E-state index contributed by atoms with van der Waals surface area (Å²) < 4.78 is 23.4. The number of aliphatic carboxylic acids is 1. The molecular formula is C14H21NO4S. The van der Waals surface area contributed by atoms with Crippen LogP contribution in [-0.2, 0) is 14.6 Å². The largest absolute Gasteiger partial charge is 0.480 e. The Balaban J connectivity index is 2.91. The van der Waals surface area contributed by atoms with Crippen LogP contribution in [-0.4, -0.2) is 31.3 Å². The first kappa shape index (κ1) is 16.5. The summed E-state index contributed by atoms with van der Waals surface area (Å²) in [6, 6.07) is 5.50. The van der Waals surface area contributed by atoms with Crippen molar-refractivity contribution >= 4 is 21.5 Å². The molecule has 0 fully saturated rings. The van der Waals surface area contributed by atoms with Gasteiger partial charge in [0, 0.05) is 5.69 Å². The van der Waals surface area contributed by atoms with Crippen molar-refractivity contribution in [2.24, 2.45) is 5.92 Å². The van der Waals surface area contributed by atoms with Crippen LogP contribution in [0.4, 0.5) is 5.69 Å². The van der Waals surface area contributed by atoms with Crippen LogP contribution in [0.25, 0.3) is 0 Å². The molecule has 1 rings (SSSR count). The van der Waals surface area contributed by atoms with E-state index in [2.05, 4.69) is 5.32 Å². The van der Waals surface area contributed by atoms with E-state index in [4.69, 9.17) is 0 Å². The van der Waals surface area contributed by atoms with Crippen LogP contribution in [0.1, 0.15) is 27.2 Å². The summed E-state index contributed by atoms with van der Waals surface area (Å²) in [6.07, 6.45) is 0.742. The molecule has 112 valence electrons. The van der Waals surface area contributed by atoms with E-state index in [0.717, 1.165) is 6.42 Å². The van der Waals surface area contributed by atoms with Gasteiger partial charge in [0.15, 0.2) is 9.84 Å². The third-order valence-electron chi connectivity index (χ3n) is 3.39. The highest BCUT2D eigenvalue weighted by molar-refractivity contribution is 7.91. The Kier molecular flexibility index (Phi) is 5.56. The summed E-state index contributed by atoms with van der Waals surface area (Å²) in [5.41, 5.74) is 0.604. The van der Waals surface area contributed by atoms with Gasteiger partial charge < -0.3 is 10.4 Å². The van der Waals surface area contributed by atoms with Crippen molar-refractivity contribution in [1.82, 2.24) is 0 Å². The van der Waals surface area contributed by atoms with Gasteiger partial charge in [-0.25, -0.2) is 13.2 Å². The van der Waals surface area contributed by atoms with E-state index < -0.39 is 21.8 Å². The van der Waals surface area contributed by atoms with Crippen molar-refractivity contribution in [3.05, 3.63) is 24.3 Å². The highest BCUT2D eigenvalue weighted by Gasteiger charge is 2.23. The lowest BCUT2D eigenvalue weighted by Gasteiger charge is -2.21. The summed E-state index contributed by atoms with van der Waals surface area (Å²) in [4.78, 5) is 11.5. The van der Waals surface area contributed by atoms with E-state index in [0.29, 0.717) is 5.69 Å². The Bertz CT molecular complexity index is 551. The highest BCUT2D eigenvalue weighted by Crippen LogP contribution is 2.19. The molecule has 0 aliphatic carbocycles. The highest BCUT2D eigenvalue weighted by atomic mass is 32.2. The first-order chi connectivity index (χ1) is 9.31. The molecule has 0 aliphatic rings. The Morgan fingerprint density at radius 2 is 1.80 bits per heavy atom. The maximum atomic E-state index is 11.7. The molecule has 0 unspecified atom stereocenters. The minimum atomic E-state index is -3.22. The van der Waals surface area contributed by atoms with Crippen molar-refractivity contribution < 1.29 is 18.3 Å². The van der Waals surface area contributed by atoms with E-state index in [9.17, 15) is 18.3 Å². The third kappa shape index (κ3) is 3.96. The van der Waals surface area contributed by atoms with Crippen LogP contribution in [0, 0.1) is 5.92 Å².